The smallest absolute Gasteiger partial charge is 0.306 e. The van der Waals surface area contributed by atoms with Crippen molar-refractivity contribution in [2.75, 3.05) is 6.61 Å². The van der Waals surface area contributed by atoms with Gasteiger partial charge in [-0.25, -0.2) is 0 Å². The summed E-state index contributed by atoms with van der Waals surface area (Å²) in [7, 11) is 0. The Balaban J connectivity index is 0.00000225. The molecule has 0 aliphatic heterocycles. The molecule has 0 aromatic carbocycles. The third-order valence-electron chi connectivity index (χ3n) is 1.81. The molecule has 0 saturated carbocycles. The van der Waals surface area contributed by atoms with E-state index in [1.165, 1.54) is 0 Å². The van der Waals surface area contributed by atoms with Crippen molar-refractivity contribution in [3.05, 3.63) is 30.1 Å². The topological polar surface area (TPSA) is 56.3 Å². The summed E-state index contributed by atoms with van der Waals surface area (Å²) in [6.07, 6.45) is 1.82. The zero-order valence-corrected chi connectivity index (χ0v) is 9.83. The molecule has 1 rings (SSSR count). The van der Waals surface area contributed by atoms with E-state index in [1.54, 1.807) is 31.3 Å². The maximum atomic E-state index is 11.5. The number of esters is 1. The molecule has 0 unspecified atom stereocenters. The van der Waals surface area contributed by atoms with Gasteiger partial charge in [0.1, 0.15) is 5.69 Å². The molecule has 0 amide bonds. The van der Waals surface area contributed by atoms with Crippen LogP contribution in [0.3, 0.4) is 0 Å². The predicted octanol–water partition coefficient (Wildman–Crippen LogP) is 2.03. The fraction of sp³-hybridized carbons (Fsp3) is 0.364. The fourth-order valence-electron chi connectivity index (χ4n) is 1.10. The number of carbonyl (C=O) groups excluding carboxylic acids is 2. The van der Waals surface area contributed by atoms with Crippen molar-refractivity contribution < 1.29 is 14.3 Å². The van der Waals surface area contributed by atoms with Gasteiger partial charge in [0.15, 0.2) is 5.78 Å². The Morgan fingerprint density at radius 1 is 1.31 bits per heavy atom. The first kappa shape index (κ1) is 14.6. The summed E-state index contributed by atoms with van der Waals surface area (Å²) in [6.45, 7) is 2.08. The second-order valence-corrected chi connectivity index (χ2v) is 2.94. The normalized spacial score (nSPS) is 9.06. The van der Waals surface area contributed by atoms with Crippen molar-refractivity contribution >= 4 is 24.2 Å². The van der Waals surface area contributed by atoms with E-state index in [9.17, 15) is 9.59 Å². The van der Waals surface area contributed by atoms with Crippen LogP contribution in [0.4, 0.5) is 0 Å². The lowest BCUT2D eigenvalue weighted by Crippen LogP contribution is -2.08. The van der Waals surface area contributed by atoms with Gasteiger partial charge in [0.05, 0.1) is 13.0 Å². The number of Topliss-reactive ketones (excluding diaryl/α,β-unsaturated/α-hetero) is 1. The molecule has 0 aliphatic carbocycles. The van der Waals surface area contributed by atoms with Gasteiger partial charge in [0, 0.05) is 12.6 Å². The molecule has 0 spiro atoms. The predicted molar refractivity (Wildman–Crippen MR) is 61.7 cm³/mol. The third kappa shape index (κ3) is 4.89. The summed E-state index contributed by atoms with van der Waals surface area (Å²) in [5.74, 6) is -0.481. The van der Waals surface area contributed by atoms with E-state index in [1.807, 2.05) is 0 Å². The Hall–Kier alpha value is -1.42. The van der Waals surface area contributed by atoms with Crippen LogP contribution in [0, 0.1) is 0 Å². The molecule has 0 fully saturated rings. The summed E-state index contributed by atoms with van der Waals surface area (Å²) < 4.78 is 4.72. The lowest BCUT2D eigenvalue weighted by molar-refractivity contribution is -0.143. The molecule has 1 aromatic heterocycles. The quantitative estimate of drug-likeness (QED) is 0.587. The van der Waals surface area contributed by atoms with Crippen molar-refractivity contribution in [2.45, 2.75) is 19.8 Å². The lowest BCUT2D eigenvalue weighted by atomic mass is 10.1. The van der Waals surface area contributed by atoms with Crippen molar-refractivity contribution in [1.29, 1.82) is 0 Å². The third-order valence-corrected chi connectivity index (χ3v) is 1.81. The molecule has 16 heavy (non-hydrogen) atoms. The van der Waals surface area contributed by atoms with Gasteiger partial charge in [0.25, 0.3) is 0 Å². The molecule has 0 saturated heterocycles. The molecule has 0 atom stereocenters. The minimum Gasteiger partial charge on any atom is -0.466 e. The minimum absolute atomic E-state index is 0. The standard InChI is InChI=1S/C11H13NO3.ClH/c1-2-15-11(14)7-6-10(13)9-5-3-4-8-12-9;/h3-5,8H,2,6-7H2,1H3;1H. The molecule has 1 aromatic rings. The lowest BCUT2D eigenvalue weighted by Gasteiger charge is -2.00. The van der Waals surface area contributed by atoms with E-state index >= 15 is 0 Å². The number of nitrogens with zero attached hydrogens (tertiary/aromatic N) is 1. The van der Waals surface area contributed by atoms with Crippen molar-refractivity contribution in [3.8, 4) is 0 Å². The Bertz CT molecular complexity index is 340. The van der Waals surface area contributed by atoms with Gasteiger partial charge < -0.3 is 4.74 Å². The highest BCUT2D eigenvalue weighted by molar-refractivity contribution is 5.95. The highest BCUT2D eigenvalue weighted by Crippen LogP contribution is 2.02. The van der Waals surface area contributed by atoms with Crippen molar-refractivity contribution in [1.82, 2.24) is 4.98 Å². The first-order chi connectivity index (χ1) is 7.24. The summed E-state index contributed by atoms with van der Waals surface area (Å²) in [6, 6.07) is 5.11. The summed E-state index contributed by atoms with van der Waals surface area (Å²) in [5.41, 5.74) is 0.391. The monoisotopic (exact) mass is 243 g/mol. The average molecular weight is 244 g/mol. The Morgan fingerprint density at radius 2 is 2.06 bits per heavy atom. The first-order valence-corrected chi connectivity index (χ1v) is 4.84. The highest BCUT2D eigenvalue weighted by Gasteiger charge is 2.09. The van der Waals surface area contributed by atoms with Gasteiger partial charge in [-0.3, -0.25) is 14.6 Å². The van der Waals surface area contributed by atoms with Crippen molar-refractivity contribution in [3.63, 3.8) is 0 Å². The molecule has 0 radical (unpaired) electrons. The molecular formula is C11H14ClNO3. The van der Waals surface area contributed by atoms with E-state index in [4.69, 9.17) is 4.74 Å². The van der Waals surface area contributed by atoms with Crippen LogP contribution in [0.25, 0.3) is 0 Å². The first-order valence-electron chi connectivity index (χ1n) is 4.84. The van der Waals surface area contributed by atoms with E-state index in [-0.39, 0.29) is 37.0 Å². The van der Waals surface area contributed by atoms with Gasteiger partial charge in [-0.2, -0.15) is 0 Å². The number of pyridine rings is 1. The van der Waals surface area contributed by atoms with Crippen LogP contribution in [-0.2, 0) is 9.53 Å². The van der Waals surface area contributed by atoms with Gasteiger partial charge in [-0.15, -0.1) is 12.4 Å². The SMILES string of the molecule is CCOC(=O)CCC(=O)c1ccccn1.Cl. The number of aromatic nitrogens is 1. The zero-order valence-electron chi connectivity index (χ0n) is 9.01. The van der Waals surface area contributed by atoms with Crippen LogP contribution in [0.5, 0.6) is 0 Å². The van der Waals surface area contributed by atoms with E-state index in [0.717, 1.165) is 0 Å². The van der Waals surface area contributed by atoms with Gasteiger partial charge in [-0.05, 0) is 19.1 Å². The Labute approximate surface area is 100 Å². The Morgan fingerprint density at radius 3 is 2.62 bits per heavy atom. The second kappa shape index (κ2) is 7.82. The maximum absolute atomic E-state index is 11.5. The minimum atomic E-state index is -0.346. The second-order valence-electron chi connectivity index (χ2n) is 2.94. The van der Waals surface area contributed by atoms with Crippen LogP contribution in [0.1, 0.15) is 30.3 Å². The van der Waals surface area contributed by atoms with Crippen molar-refractivity contribution in [2.24, 2.45) is 0 Å². The summed E-state index contributed by atoms with van der Waals surface area (Å²) in [4.78, 5) is 26.4. The summed E-state index contributed by atoms with van der Waals surface area (Å²) >= 11 is 0. The maximum Gasteiger partial charge on any atom is 0.306 e. The molecule has 0 N–H and O–H groups in total. The Kier molecular flexibility index (Phi) is 7.12. The van der Waals surface area contributed by atoms with Crippen LogP contribution in [-0.4, -0.2) is 23.3 Å². The van der Waals surface area contributed by atoms with E-state index in [2.05, 4.69) is 4.98 Å². The van der Waals surface area contributed by atoms with Crippen LogP contribution < -0.4 is 0 Å². The van der Waals surface area contributed by atoms with Crippen LogP contribution in [0.2, 0.25) is 0 Å². The van der Waals surface area contributed by atoms with Gasteiger partial charge >= 0.3 is 5.97 Å². The van der Waals surface area contributed by atoms with Crippen LogP contribution in [0.15, 0.2) is 24.4 Å². The zero-order chi connectivity index (χ0) is 11.1. The number of halogens is 1. The molecule has 5 heteroatoms. The molecule has 88 valence electrons. The number of carbonyl (C=O) groups is 2. The number of hydrogen-bond donors (Lipinski definition) is 0. The van der Waals surface area contributed by atoms with Gasteiger partial charge in [0.2, 0.25) is 0 Å². The number of ketones is 1. The number of hydrogen-bond acceptors (Lipinski definition) is 4. The largest absolute Gasteiger partial charge is 0.466 e. The molecule has 4 nitrogen and oxygen atoms in total. The number of ether oxygens (including phenoxy) is 1. The molecule has 1 heterocycles. The average Bonchev–Trinajstić information content (AvgIpc) is 2.27. The highest BCUT2D eigenvalue weighted by atomic mass is 35.5. The molecular weight excluding hydrogens is 230 g/mol. The van der Waals surface area contributed by atoms with Gasteiger partial charge in [-0.1, -0.05) is 6.07 Å². The van der Waals surface area contributed by atoms with Crippen LogP contribution >= 0.6 is 12.4 Å². The van der Waals surface area contributed by atoms with E-state index in [0.29, 0.717) is 12.3 Å². The molecule has 0 aliphatic rings. The molecule has 0 bridgehead atoms. The fourth-order valence-corrected chi connectivity index (χ4v) is 1.10. The summed E-state index contributed by atoms with van der Waals surface area (Å²) in [5, 5.41) is 0. The van der Waals surface area contributed by atoms with E-state index < -0.39 is 0 Å². The number of rotatable bonds is 5.